The molecule has 0 aliphatic carbocycles. The number of hydrazine groups is 1. The van der Waals surface area contributed by atoms with Gasteiger partial charge in [-0.05, 0) is 46.3 Å². The van der Waals surface area contributed by atoms with Gasteiger partial charge in [0.05, 0.1) is 10.7 Å². The summed E-state index contributed by atoms with van der Waals surface area (Å²) in [7, 11) is 3.78. The summed E-state index contributed by atoms with van der Waals surface area (Å²) in [6.45, 7) is 11.3. The van der Waals surface area contributed by atoms with E-state index in [1.165, 1.54) is 0 Å². The van der Waals surface area contributed by atoms with Gasteiger partial charge >= 0.3 is 6.09 Å². The van der Waals surface area contributed by atoms with Crippen LogP contribution < -0.4 is 10.9 Å². The molecule has 0 aromatic carbocycles. The molecule has 1 fully saturated rings. The third-order valence-electron chi connectivity index (χ3n) is 3.97. The molecule has 0 bridgehead atoms. The number of ether oxygens (including phenoxy) is 1. The molecule has 1 aliphatic heterocycles. The van der Waals surface area contributed by atoms with Crippen LogP contribution in [0.1, 0.15) is 47.5 Å². The maximum Gasteiger partial charge on any atom is 0.410 e. The molecule has 1 aliphatic rings. The lowest BCUT2D eigenvalue weighted by Crippen LogP contribution is -2.42. The molecule has 0 unspecified atom stereocenters. The van der Waals surface area contributed by atoms with Crippen LogP contribution in [-0.2, 0) is 4.74 Å². The predicted octanol–water partition coefficient (Wildman–Crippen LogP) is 3.22. The first-order chi connectivity index (χ1) is 12.2. The molecule has 7 nitrogen and oxygen atoms in total. The van der Waals surface area contributed by atoms with Crippen molar-refractivity contribution in [2.45, 2.75) is 53.1 Å². The first kappa shape index (κ1) is 22.6. The van der Waals surface area contributed by atoms with E-state index in [0.29, 0.717) is 19.0 Å². The van der Waals surface area contributed by atoms with Crippen molar-refractivity contribution in [2.75, 3.05) is 32.9 Å². The van der Waals surface area contributed by atoms with Gasteiger partial charge < -0.3 is 15.1 Å². The van der Waals surface area contributed by atoms with Gasteiger partial charge in [-0.1, -0.05) is 6.92 Å². The Labute approximate surface area is 162 Å². The van der Waals surface area contributed by atoms with Gasteiger partial charge in [-0.25, -0.2) is 10.2 Å². The smallest absolute Gasteiger partial charge is 0.410 e. The topological polar surface area (TPSA) is 69.2 Å². The van der Waals surface area contributed by atoms with Crippen LogP contribution in [0.4, 0.5) is 4.79 Å². The number of piperidine rings is 1. The van der Waals surface area contributed by atoms with Crippen LogP contribution in [0.5, 0.6) is 0 Å². The van der Waals surface area contributed by atoms with Crippen molar-refractivity contribution in [3.63, 3.8) is 0 Å². The highest BCUT2D eigenvalue weighted by atomic mass is 32.2. The molecule has 0 aromatic heterocycles. The quantitative estimate of drug-likeness (QED) is 0.416. The van der Waals surface area contributed by atoms with Crippen molar-refractivity contribution in [2.24, 2.45) is 11.0 Å². The zero-order chi connectivity index (χ0) is 19.7. The molecule has 26 heavy (non-hydrogen) atoms. The SMILES string of the molecule is CCSC(=NN(C)/C(C)=C\NNC)C1CCN(C(=O)OC(C)(C)C)CC1. The lowest BCUT2D eigenvalue weighted by atomic mass is 9.98. The Hall–Kier alpha value is -1.41. The number of rotatable bonds is 6. The molecule has 0 radical (unpaired) electrons. The molecule has 1 saturated heterocycles. The Morgan fingerprint density at radius 1 is 1.38 bits per heavy atom. The summed E-state index contributed by atoms with van der Waals surface area (Å²) in [4.78, 5) is 14.0. The summed E-state index contributed by atoms with van der Waals surface area (Å²) in [5, 5.41) is 7.84. The Balaban J connectivity index is 2.70. The average molecular weight is 386 g/mol. The van der Waals surface area contributed by atoms with Crippen LogP contribution >= 0.6 is 11.8 Å². The van der Waals surface area contributed by atoms with E-state index in [-0.39, 0.29) is 6.09 Å². The minimum atomic E-state index is -0.452. The molecular weight excluding hydrogens is 350 g/mol. The first-order valence-corrected chi connectivity index (χ1v) is 10.2. The molecule has 0 spiro atoms. The summed E-state index contributed by atoms with van der Waals surface area (Å²) in [6, 6.07) is 0. The van der Waals surface area contributed by atoms with Crippen LogP contribution in [-0.4, -0.2) is 59.6 Å². The number of hydrogen-bond acceptors (Lipinski definition) is 7. The number of hydrogen-bond donors (Lipinski definition) is 2. The fourth-order valence-electron chi connectivity index (χ4n) is 2.51. The van der Waals surface area contributed by atoms with Crippen molar-refractivity contribution in [3.05, 3.63) is 11.9 Å². The lowest BCUT2D eigenvalue weighted by molar-refractivity contribution is 0.0202. The van der Waals surface area contributed by atoms with Crippen molar-refractivity contribution < 1.29 is 9.53 Å². The molecular formula is C18H35N5O2S. The highest BCUT2D eigenvalue weighted by molar-refractivity contribution is 8.13. The number of thioether (sulfide) groups is 1. The maximum absolute atomic E-state index is 12.2. The van der Waals surface area contributed by atoms with Crippen LogP contribution in [0.2, 0.25) is 0 Å². The van der Waals surface area contributed by atoms with E-state index in [1.807, 2.05) is 57.9 Å². The molecule has 8 heteroatoms. The lowest BCUT2D eigenvalue weighted by Gasteiger charge is -2.34. The number of hydrazone groups is 1. The molecule has 0 saturated carbocycles. The van der Waals surface area contributed by atoms with Gasteiger partial charge in [-0.15, -0.1) is 11.8 Å². The Kier molecular flexibility index (Phi) is 9.29. The van der Waals surface area contributed by atoms with Gasteiger partial charge in [-0.2, -0.15) is 5.10 Å². The molecule has 2 N–H and O–H groups in total. The second kappa shape index (κ2) is 10.7. The maximum atomic E-state index is 12.2. The molecule has 0 aromatic rings. The Morgan fingerprint density at radius 3 is 2.50 bits per heavy atom. The second-order valence-corrected chi connectivity index (χ2v) is 8.60. The van der Waals surface area contributed by atoms with E-state index in [4.69, 9.17) is 9.84 Å². The van der Waals surface area contributed by atoms with Gasteiger partial charge in [0.15, 0.2) is 0 Å². The van der Waals surface area contributed by atoms with Crippen LogP contribution in [0.15, 0.2) is 17.0 Å². The number of amides is 1. The average Bonchev–Trinajstić information content (AvgIpc) is 2.57. The van der Waals surface area contributed by atoms with Crippen LogP contribution in [0.25, 0.3) is 0 Å². The fraction of sp³-hybridized carbons (Fsp3) is 0.778. The third kappa shape index (κ3) is 7.86. The largest absolute Gasteiger partial charge is 0.444 e. The zero-order valence-corrected chi connectivity index (χ0v) is 18.1. The van der Waals surface area contributed by atoms with Gasteiger partial charge in [-0.3, -0.25) is 5.01 Å². The third-order valence-corrected chi connectivity index (χ3v) is 4.97. The van der Waals surface area contributed by atoms with Gasteiger partial charge in [0.1, 0.15) is 5.60 Å². The number of nitrogens with one attached hydrogen (secondary N) is 2. The van der Waals surface area contributed by atoms with Gasteiger partial charge in [0.25, 0.3) is 0 Å². The number of carbonyl (C=O) groups excluding carboxylic acids is 1. The van der Waals surface area contributed by atoms with E-state index in [2.05, 4.69) is 17.8 Å². The summed E-state index contributed by atoms with van der Waals surface area (Å²) in [5.74, 6) is 1.36. The Bertz CT molecular complexity index is 508. The Morgan fingerprint density at radius 2 is 2.00 bits per heavy atom. The summed E-state index contributed by atoms with van der Waals surface area (Å²) < 4.78 is 5.48. The van der Waals surface area contributed by atoms with Crippen LogP contribution in [0.3, 0.4) is 0 Å². The van der Waals surface area contributed by atoms with Gasteiger partial charge in [0.2, 0.25) is 0 Å². The summed E-state index contributed by atoms with van der Waals surface area (Å²) in [6.07, 6.45) is 3.49. The minimum Gasteiger partial charge on any atom is -0.444 e. The standard InChI is InChI=1S/C18H35N5O2S/c1-8-26-16(21-22(7)14(2)13-20-19-6)15-9-11-23(12-10-15)17(24)25-18(3,4)5/h13,15,19-20H,8-12H2,1-7H3/b14-13-,21-16?. The summed E-state index contributed by atoms with van der Waals surface area (Å²) in [5.41, 5.74) is 6.40. The van der Waals surface area contributed by atoms with E-state index in [0.717, 1.165) is 29.3 Å². The number of carbonyl (C=O) groups is 1. The number of likely N-dealkylation sites (tertiary alicyclic amines) is 1. The molecule has 1 rings (SSSR count). The van der Waals surface area contributed by atoms with Crippen LogP contribution in [0, 0.1) is 5.92 Å². The van der Waals surface area contributed by atoms with Crippen molar-refractivity contribution >= 4 is 22.9 Å². The molecule has 0 atom stereocenters. The first-order valence-electron chi connectivity index (χ1n) is 9.20. The molecule has 1 amide bonds. The zero-order valence-electron chi connectivity index (χ0n) is 17.3. The fourth-order valence-corrected chi connectivity index (χ4v) is 3.46. The highest BCUT2D eigenvalue weighted by Crippen LogP contribution is 2.26. The molecule has 1 heterocycles. The van der Waals surface area contributed by atoms with E-state index in [9.17, 15) is 4.79 Å². The monoisotopic (exact) mass is 385 g/mol. The minimum absolute atomic E-state index is 0.216. The normalized spacial score (nSPS) is 17.3. The predicted molar refractivity (Wildman–Crippen MR) is 110 cm³/mol. The van der Waals surface area contributed by atoms with Crippen molar-refractivity contribution in [3.8, 4) is 0 Å². The van der Waals surface area contributed by atoms with E-state index < -0.39 is 5.60 Å². The van der Waals surface area contributed by atoms with E-state index >= 15 is 0 Å². The highest BCUT2D eigenvalue weighted by Gasteiger charge is 2.29. The number of allylic oxidation sites excluding steroid dienone is 1. The van der Waals surface area contributed by atoms with Crippen molar-refractivity contribution in [1.29, 1.82) is 0 Å². The van der Waals surface area contributed by atoms with Crippen molar-refractivity contribution in [1.82, 2.24) is 20.8 Å². The number of nitrogens with zero attached hydrogens (tertiary/aromatic N) is 3. The second-order valence-electron chi connectivity index (χ2n) is 7.32. The van der Waals surface area contributed by atoms with Gasteiger partial charge in [0, 0.05) is 39.3 Å². The molecule has 150 valence electrons. The summed E-state index contributed by atoms with van der Waals surface area (Å²) >= 11 is 1.78. The van der Waals surface area contributed by atoms with E-state index in [1.54, 1.807) is 11.8 Å².